The number of aliphatic hydroxyl groups is 8. The van der Waals surface area contributed by atoms with Gasteiger partial charge in [-0.2, -0.15) is 0 Å². The second kappa shape index (κ2) is 14.7. The molecular weight excluding hydrogens is 392 g/mol. The van der Waals surface area contributed by atoms with Crippen molar-refractivity contribution in [1.29, 1.82) is 0 Å². The lowest BCUT2D eigenvalue weighted by molar-refractivity contribution is -0.164. The average molecular weight is 413 g/mol. The van der Waals surface area contributed by atoms with Gasteiger partial charge in [0, 0.05) is 23.1 Å². The molecule has 8 atom stereocenters. The molecule has 0 saturated carbocycles. The summed E-state index contributed by atoms with van der Waals surface area (Å²) >= 11 is 0. The molecule has 0 amide bonds. The van der Waals surface area contributed by atoms with Crippen LogP contribution in [0.25, 0.3) is 0 Å². The van der Waals surface area contributed by atoms with E-state index in [4.69, 9.17) is 51.1 Å². The van der Waals surface area contributed by atoms with E-state index in [-0.39, 0.29) is 35.6 Å². The molecule has 0 saturated heterocycles. The van der Waals surface area contributed by atoms with Crippen molar-refractivity contribution in [3.63, 3.8) is 0 Å². The smallest absolute Gasteiger partial charge is 0.335 e. The first-order valence-electron chi connectivity index (χ1n) is 6.64. The molecule has 0 rings (SSSR count). The largest absolute Gasteiger partial charge is 0.479 e. The predicted octanol–water partition coefficient (Wildman–Crippen LogP) is -6.95. The highest BCUT2D eigenvalue weighted by Gasteiger charge is 2.34. The van der Waals surface area contributed by atoms with Gasteiger partial charge in [-0.05, 0) is 0 Å². The minimum absolute atomic E-state index is 0. The van der Waals surface area contributed by atoms with Gasteiger partial charge in [-0.25, -0.2) is 9.59 Å². The monoisotopic (exact) mass is 412 g/mol. The van der Waals surface area contributed by atoms with Crippen LogP contribution < -0.4 is 0 Å². The minimum atomic E-state index is -2.25. The maximum atomic E-state index is 10.1. The van der Waals surface area contributed by atoms with Crippen molar-refractivity contribution in [3.8, 4) is 0 Å². The Labute approximate surface area is 167 Å². The lowest BCUT2D eigenvalue weighted by Gasteiger charge is -2.21. The Balaban J connectivity index is -0.000000411. The number of carbonyl (C=O) groups is 4. The van der Waals surface area contributed by atoms with E-state index in [0.29, 0.717) is 0 Å². The first-order chi connectivity index (χ1) is 11.8. The SMILES string of the molecule is O=C[C@H](O)[C@@H](O)[C@@H](O)[C@H](O)C(=O)O.O=C[C@H](O)[C@@H](O)[C@@H](O)[C@H](O)C(=O)O.[Mg]. The number of carboxylic acid groups (broad SMARTS) is 2. The van der Waals surface area contributed by atoms with E-state index in [1.807, 2.05) is 0 Å². The molecule has 0 aliphatic rings. The molecule has 0 aliphatic heterocycles. The Hall–Kier alpha value is -1.27. The van der Waals surface area contributed by atoms with Gasteiger partial charge in [0.1, 0.15) is 36.6 Å². The van der Waals surface area contributed by atoms with Crippen molar-refractivity contribution in [2.75, 3.05) is 0 Å². The average Bonchev–Trinajstić information content (AvgIpc) is 2.62. The van der Waals surface area contributed by atoms with Gasteiger partial charge in [-0.15, -0.1) is 0 Å². The molecule has 0 spiro atoms. The molecule has 14 nitrogen and oxygen atoms in total. The third-order valence-corrected chi connectivity index (χ3v) is 2.83. The van der Waals surface area contributed by atoms with Gasteiger partial charge in [0.05, 0.1) is 0 Å². The summed E-state index contributed by atoms with van der Waals surface area (Å²) in [7, 11) is 0. The normalized spacial score (nSPS) is 19.3. The van der Waals surface area contributed by atoms with E-state index >= 15 is 0 Å². The van der Waals surface area contributed by atoms with E-state index < -0.39 is 60.8 Å². The highest BCUT2D eigenvalue weighted by atomic mass is 24.3. The predicted molar refractivity (Wildman–Crippen MR) is 81.2 cm³/mol. The first kappa shape index (κ1) is 30.5. The van der Waals surface area contributed by atoms with Gasteiger partial charge in [-0.1, -0.05) is 0 Å². The van der Waals surface area contributed by atoms with Gasteiger partial charge in [-0.3, -0.25) is 0 Å². The van der Waals surface area contributed by atoms with Crippen LogP contribution in [0, 0.1) is 0 Å². The molecule has 0 aromatic carbocycles. The number of hydrogen-bond acceptors (Lipinski definition) is 12. The molecule has 0 heterocycles. The molecule has 0 bridgehead atoms. The standard InChI is InChI=1S/2C6H10O7.Mg/c2*7-1-2(8)3(9)4(10)5(11)6(12)13;/h2*1-5,8-11H,(H,12,13);/t2*2-,3+,4+,5-;/m00./s1. The van der Waals surface area contributed by atoms with Gasteiger partial charge in [0.25, 0.3) is 0 Å². The van der Waals surface area contributed by atoms with Crippen LogP contribution in [-0.2, 0) is 19.2 Å². The molecule has 0 unspecified atom stereocenters. The van der Waals surface area contributed by atoms with E-state index in [1.165, 1.54) is 0 Å². The molecular formula is C12H20MgO14. The number of hydrogen-bond donors (Lipinski definition) is 10. The fraction of sp³-hybridized carbons (Fsp3) is 0.667. The zero-order chi connectivity index (χ0) is 21.2. The fourth-order valence-electron chi connectivity index (χ4n) is 1.23. The Kier molecular flexibility index (Phi) is 16.6. The quantitative estimate of drug-likeness (QED) is 0.118. The highest BCUT2D eigenvalue weighted by molar-refractivity contribution is 5.75. The van der Waals surface area contributed by atoms with Crippen LogP contribution in [0.2, 0.25) is 0 Å². The lowest BCUT2D eigenvalue weighted by Crippen LogP contribution is -2.48. The zero-order valence-electron chi connectivity index (χ0n) is 13.6. The summed E-state index contributed by atoms with van der Waals surface area (Å²) in [6.07, 6.45) is -16.8. The van der Waals surface area contributed by atoms with Crippen LogP contribution in [-0.4, -0.2) is 147 Å². The van der Waals surface area contributed by atoms with Crippen LogP contribution in [0.3, 0.4) is 0 Å². The summed E-state index contributed by atoms with van der Waals surface area (Å²) in [5.74, 6) is -3.52. The molecule has 27 heavy (non-hydrogen) atoms. The molecule has 10 N–H and O–H groups in total. The topological polar surface area (TPSA) is 271 Å². The summed E-state index contributed by atoms with van der Waals surface area (Å²) in [5, 5.41) is 86.4. The van der Waals surface area contributed by atoms with Gasteiger partial charge >= 0.3 is 11.9 Å². The second-order valence-corrected chi connectivity index (χ2v) is 4.78. The van der Waals surface area contributed by atoms with Crippen LogP contribution in [0.15, 0.2) is 0 Å². The van der Waals surface area contributed by atoms with Gasteiger partial charge < -0.3 is 60.7 Å². The number of rotatable bonds is 10. The second-order valence-electron chi connectivity index (χ2n) is 4.78. The molecule has 0 fully saturated rings. The summed E-state index contributed by atoms with van der Waals surface area (Å²) in [6.45, 7) is 0. The Bertz CT molecular complexity index is 431. The molecule has 154 valence electrons. The van der Waals surface area contributed by atoms with E-state index in [0.717, 1.165) is 0 Å². The molecule has 0 aromatic heterocycles. The summed E-state index contributed by atoms with van der Waals surface area (Å²) < 4.78 is 0. The van der Waals surface area contributed by atoms with Crippen molar-refractivity contribution in [2.45, 2.75) is 48.8 Å². The zero-order valence-corrected chi connectivity index (χ0v) is 15.0. The van der Waals surface area contributed by atoms with E-state index in [2.05, 4.69) is 0 Å². The number of aldehydes is 2. The Morgan fingerprint density at radius 2 is 0.778 bits per heavy atom. The van der Waals surface area contributed by atoms with E-state index in [9.17, 15) is 19.2 Å². The fourth-order valence-corrected chi connectivity index (χ4v) is 1.23. The van der Waals surface area contributed by atoms with Crippen molar-refractivity contribution in [3.05, 3.63) is 0 Å². The van der Waals surface area contributed by atoms with Crippen LogP contribution >= 0.6 is 0 Å². The maximum Gasteiger partial charge on any atom is 0.335 e. The van der Waals surface area contributed by atoms with Crippen LogP contribution in [0.5, 0.6) is 0 Å². The van der Waals surface area contributed by atoms with Gasteiger partial charge in [0.15, 0.2) is 24.8 Å². The maximum absolute atomic E-state index is 10.1. The Morgan fingerprint density at radius 1 is 0.556 bits per heavy atom. The molecule has 15 heteroatoms. The van der Waals surface area contributed by atoms with Gasteiger partial charge in [0.2, 0.25) is 0 Å². The number of aliphatic hydroxyl groups excluding tert-OH is 8. The van der Waals surface area contributed by atoms with Crippen LogP contribution in [0.1, 0.15) is 0 Å². The van der Waals surface area contributed by atoms with Crippen LogP contribution in [0.4, 0.5) is 0 Å². The third-order valence-electron chi connectivity index (χ3n) is 2.83. The third kappa shape index (κ3) is 10.6. The Morgan fingerprint density at radius 3 is 0.926 bits per heavy atom. The highest BCUT2D eigenvalue weighted by Crippen LogP contribution is 2.04. The molecule has 0 aromatic rings. The molecule has 0 aliphatic carbocycles. The number of carboxylic acids is 2. The van der Waals surface area contributed by atoms with E-state index in [1.54, 1.807) is 0 Å². The number of aliphatic carboxylic acids is 2. The lowest BCUT2D eigenvalue weighted by atomic mass is 10.0. The van der Waals surface area contributed by atoms with Crippen molar-refractivity contribution >= 4 is 47.6 Å². The molecule has 2 radical (unpaired) electrons. The summed E-state index contributed by atoms with van der Waals surface area (Å²) in [6, 6.07) is 0. The summed E-state index contributed by atoms with van der Waals surface area (Å²) in [5.41, 5.74) is 0. The van der Waals surface area contributed by atoms with Crippen molar-refractivity contribution < 1.29 is 70.2 Å². The minimum Gasteiger partial charge on any atom is -0.479 e. The summed E-state index contributed by atoms with van der Waals surface area (Å²) in [4.78, 5) is 39.9. The first-order valence-corrected chi connectivity index (χ1v) is 6.64. The number of carbonyl (C=O) groups excluding carboxylic acids is 2. The van der Waals surface area contributed by atoms with Crippen molar-refractivity contribution in [1.82, 2.24) is 0 Å². The van der Waals surface area contributed by atoms with Crippen molar-refractivity contribution in [2.24, 2.45) is 0 Å².